The molecule has 0 saturated heterocycles. The predicted octanol–water partition coefficient (Wildman–Crippen LogP) is 2.20. The summed E-state index contributed by atoms with van der Waals surface area (Å²) in [6.45, 7) is 4.18. The number of carboxylic acid groups (broad SMARTS) is 1. The molecular weight excluding hydrogens is 232 g/mol. The van der Waals surface area contributed by atoms with Crippen LogP contribution in [-0.4, -0.2) is 30.8 Å². The van der Waals surface area contributed by atoms with Gasteiger partial charge in [-0.1, -0.05) is 6.92 Å². The van der Waals surface area contributed by atoms with E-state index in [4.69, 9.17) is 15.6 Å². The number of anilines is 2. The smallest absolute Gasteiger partial charge is 0.337 e. The van der Waals surface area contributed by atoms with Gasteiger partial charge in [-0.15, -0.1) is 0 Å². The van der Waals surface area contributed by atoms with Gasteiger partial charge in [0.05, 0.1) is 5.56 Å². The molecule has 0 atom stereocenters. The Morgan fingerprint density at radius 1 is 1.44 bits per heavy atom. The van der Waals surface area contributed by atoms with Crippen molar-refractivity contribution in [3.05, 3.63) is 23.8 Å². The predicted molar refractivity (Wildman–Crippen MR) is 72.0 cm³/mol. The fourth-order valence-corrected chi connectivity index (χ4v) is 1.54. The zero-order chi connectivity index (χ0) is 13.4. The van der Waals surface area contributed by atoms with Crippen LogP contribution in [0.1, 0.15) is 30.1 Å². The summed E-state index contributed by atoms with van der Waals surface area (Å²) in [6, 6.07) is 4.83. The van der Waals surface area contributed by atoms with Gasteiger partial charge in [-0.05, 0) is 31.0 Å². The molecule has 0 saturated carbocycles. The first-order valence-electron chi connectivity index (χ1n) is 6.09. The van der Waals surface area contributed by atoms with Crippen molar-refractivity contribution in [3.8, 4) is 0 Å². The molecule has 18 heavy (non-hydrogen) atoms. The number of nitrogens with one attached hydrogen (secondary N) is 1. The van der Waals surface area contributed by atoms with Gasteiger partial charge in [-0.3, -0.25) is 0 Å². The van der Waals surface area contributed by atoms with Gasteiger partial charge in [0.15, 0.2) is 0 Å². The van der Waals surface area contributed by atoms with Crippen LogP contribution in [0.25, 0.3) is 0 Å². The molecule has 0 heterocycles. The van der Waals surface area contributed by atoms with Gasteiger partial charge < -0.3 is 20.9 Å². The molecule has 0 unspecified atom stereocenters. The minimum atomic E-state index is -0.980. The van der Waals surface area contributed by atoms with E-state index in [0.717, 1.165) is 19.4 Å². The standard InChI is InChI=1S/C13H20N2O3/c1-2-7-18-8-3-6-15-12-5-4-10(14)9-11(12)13(16)17/h4-5,9,15H,2-3,6-8,14H2,1H3,(H,16,17). The molecule has 0 spiro atoms. The van der Waals surface area contributed by atoms with E-state index in [1.165, 1.54) is 6.07 Å². The second-order valence-corrected chi connectivity index (χ2v) is 4.00. The monoisotopic (exact) mass is 252 g/mol. The fourth-order valence-electron chi connectivity index (χ4n) is 1.54. The van der Waals surface area contributed by atoms with E-state index in [2.05, 4.69) is 12.2 Å². The molecule has 0 aliphatic rings. The maximum Gasteiger partial charge on any atom is 0.337 e. The Hall–Kier alpha value is -1.75. The number of nitrogens with two attached hydrogens (primary N) is 1. The lowest BCUT2D eigenvalue weighted by Gasteiger charge is -2.10. The van der Waals surface area contributed by atoms with Crippen molar-refractivity contribution in [1.82, 2.24) is 0 Å². The summed E-state index contributed by atoms with van der Waals surface area (Å²) in [6.07, 6.45) is 1.85. The van der Waals surface area contributed by atoms with E-state index in [9.17, 15) is 4.79 Å². The van der Waals surface area contributed by atoms with E-state index in [1.54, 1.807) is 12.1 Å². The van der Waals surface area contributed by atoms with Gasteiger partial charge in [-0.25, -0.2) is 4.79 Å². The summed E-state index contributed by atoms with van der Waals surface area (Å²) in [7, 11) is 0. The summed E-state index contributed by atoms with van der Waals surface area (Å²) < 4.78 is 5.34. The Morgan fingerprint density at radius 2 is 2.22 bits per heavy atom. The molecule has 5 heteroatoms. The Labute approximate surface area is 107 Å². The Kier molecular flexibility index (Phi) is 6.00. The fraction of sp³-hybridized carbons (Fsp3) is 0.462. The molecule has 100 valence electrons. The summed E-state index contributed by atoms with van der Waals surface area (Å²) in [4.78, 5) is 11.0. The van der Waals surface area contributed by atoms with Crippen LogP contribution in [-0.2, 0) is 4.74 Å². The molecule has 0 aliphatic carbocycles. The average molecular weight is 252 g/mol. The molecular formula is C13H20N2O3. The summed E-state index contributed by atoms with van der Waals surface area (Å²) in [5.74, 6) is -0.980. The molecule has 4 N–H and O–H groups in total. The first kappa shape index (κ1) is 14.3. The molecule has 0 aliphatic heterocycles. The van der Waals surface area contributed by atoms with Crippen LogP contribution in [0.5, 0.6) is 0 Å². The number of hydrogen-bond acceptors (Lipinski definition) is 4. The van der Waals surface area contributed by atoms with Gasteiger partial charge >= 0.3 is 5.97 Å². The van der Waals surface area contributed by atoms with Gasteiger partial charge in [0.2, 0.25) is 0 Å². The largest absolute Gasteiger partial charge is 0.478 e. The van der Waals surface area contributed by atoms with E-state index in [-0.39, 0.29) is 5.56 Å². The quantitative estimate of drug-likeness (QED) is 0.488. The van der Waals surface area contributed by atoms with Crippen molar-refractivity contribution in [2.24, 2.45) is 0 Å². The zero-order valence-corrected chi connectivity index (χ0v) is 10.6. The van der Waals surface area contributed by atoms with Gasteiger partial charge in [0, 0.05) is 31.1 Å². The van der Waals surface area contributed by atoms with Crippen molar-refractivity contribution < 1.29 is 14.6 Å². The van der Waals surface area contributed by atoms with Crippen LogP contribution in [0, 0.1) is 0 Å². The van der Waals surface area contributed by atoms with Crippen molar-refractivity contribution in [3.63, 3.8) is 0 Å². The van der Waals surface area contributed by atoms with Gasteiger partial charge in [-0.2, -0.15) is 0 Å². The highest BCUT2D eigenvalue weighted by molar-refractivity contribution is 5.95. The second kappa shape index (κ2) is 7.55. The SMILES string of the molecule is CCCOCCCNc1ccc(N)cc1C(=O)O. The number of nitrogen functional groups attached to an aromatic ring is 1. The van der Waals surface area contributed by atoms with Crippen LogP contribution in [0.4, 0.5) is 11.4 Å². The molecule has 1 aromatic carbocycles. The summed E-state index contributed by atoms with van der Waals surface area (Å²) in [5, 5.41) is 12.1. The summed E-state index contributed by atoms with van der Waals surface area (Å²) in [5.41, 5.74) is 6.80. The van der Waals surface area contributed by atoms with Gasteiger partial charge in [0.1, 0.15) is 0 Å². The lowest BCUT2D eigenvalue weighted by atomic mass is 10.1. The van der Waals surface area contributed by atoms with E-state index in [0.29, 0.717) is 24.5 Å². The third kappa shape index (κ3) is 4.63. The third-order valence-electron chi connectivity index (χ3n) is 2.40. The molecule has 0 aromatic heterocycles. The van der Waals surface area contributed by atoms with Crippen molar-refractivity contribution in [1.29, 1.82) is 0 Å². The number of rotatable bonds is 8. The molecule has 1 aromatic rings. The van der Waals surface area contributed by atoms with Crippen LogP contribution in [0.3, 0.4) is 0 Å². The van der Waals surface area contributed by atoms with Crippen LogP contribution < -0.4 is 11.1 Å². The Balaban J connectivity index is 2.44. The van der Waals surface area contributed by atoms with Crippen LogP contribution >= 0.6 is 0 Å². The molecule has 0 fully saturated rings. The van der Waals surface area contributed by atoms with E-state index >= 15 is 0 Å². The van der Waals surface area contributed by atoms with Crippen LogP contribution in [0.15, 0.2) is 18.2 Å². The molecule has 1 rings (SSSR count). The molecule has 5 nitrogen and oxygen atoms in total. The number of benzene rings is 1. The van der Waals surface area contributed by atoms with Crippen LogP contribution in [0.2, 0.25) is 0 Å². The third-order valence-corrected chi connectivity index (χ3v) is 2.40. The number of hydrogen-bond donors (Lipinski definition) is 3. The molecule has 0 bridgehead atoms. The lowest BCUT2D eigenvalue weighted by Crippen LogP contribution is -2.10. The highest BCUT2D eigenvalue weighted by atomic mass is 16.5. The minimum Gasteiger partial charge on any atom is -0.478 e. The number of aromatic carboxylic acids is 1. The topological polar surface area (TPSA) is 84.6 Å². The normalized spacial score (nSPS) is 10.3. The highest BCUT2D eigenvalue weighted by Crippen LogP contribution is 2.18. The first-order valence-corrected chi connectivity index (χ1v) is 6.09. The van der Waals surface area contributed by atoms with Crippen molar-refractivity contribution in [2.75, 3.05) is 30.8 Å². The van der Waals surface area contributed by atoms with E-state index in [1.807, 2.05) is 0 Å². The molecule has 0 radical (unpaired) electrons. The number of ether oxygens (including phenoxy) is 1. The lowest BCUT2D eigenvalue weighted by molar-refractivity contribution is 0.0698. The van der Waals surface area contributed by atoms with Gasteiger partial charge in [0.25, 0.3) is 0 Å². The number of carbonyl (C=O) groups is 1. The molecule has 0 amide bonds. The van der Waals surface area contributed by atoms with Crippen molar-refractivity contribution >= 4 is 17.3 Å². The summed E-state index contributed by atoms with van der Waals surface area (Å²) >= 11 is 0. The van der Waals surface area contributed by atoms with E-state index < -0.39 is 5.97 Å². The first-order chi connectivity index (χ1) is 8.65. The highest BCUT2D eigenvalue weighted by Gasteiger charge is 2.09. The van der Waals surface area contributed by atoms with Crippen molar-refractivity contribution in [2.45, 2.75) is 19.8 Å². The maximum absolute atomic E-state index is 11.0. The second-order valence-electron chi connectivity index (χ2n) is 4.00. The minimum absolute atomic E-state index is 0.199. The average Bonchev–Trinajstić information content (AvgIpc) is 2.35. The zero-order valence-electron chi connectivity index (χ0n) is 10.6. The Bertz CT molecular complexity index is 394. The maximum atomic E-state index is 11.0. The Morgan fingerprint density at radius 3 is 2.89 bits per heavy atom. The number of carboxylic acids is 1.